The third kappa shape index (κ3) is 4.57. The largest absolute Gasteiger partial charge is 0.477 e. The van der Waals surface area contributed by atoms with Gasteiger partial charge in [0.2, 0.25) is 11.8 Å². The normalized spacial score (nSPS) is 13.8. The van der Waals surface area contributed by atoms with Crippen molar-refractivity contribution >= 4 is 23.2 Å². The van der Waals surface area contributed by atoms with Crippen LogP contribution < -0.4 is 10.5 Å². The van der Waals surface area contributed by atoms with Crippen molar-refractivity contribution in [3.63, 3.8) is 0 Å². The Morgan fingerprint density at radius 2 is 1.85 bits per heavy atom. The maximum atomic E-state index is 14.8. The molecule has 3 N–H and O–H groups in total. The molecule has 4 aromatic rings. The van der Waals surface area contributed by atoms with Gasteiger partial charge < -0.3 is 15.6 Å². The predicted molar refractivity (Wildman–Crippen MR) is 117 cm³/mol. The minimum Gasteiger partial charge on any atom is -0.477 e. The van der Waals surface area contributed by atoms with Crippen LogP contribution in [0.2, 0.25) is 5.02 Å². The second-order valence-corrected chi connectivity index (χ2v) is 7.96. The van der Waals surface area contributed by atoms with E-state index in [1.165, 1.54) is 16.6 Å². The van der Waals surface area contributed by atoms with E-state index in [1.54, 1.807) is 18.3 Å². The zero-order valence-corrected chi connectivity index (χ0v) is 18.1. The Labute approximate surface area is 191 Å². The average molecular weight is 478 g/mol. The Kier molecular flexibility index (Phi) is 5.89. The number of halogens is 4. The summed E-state index contributed by atoms with van der Waals surface area (Å²) in [5, 5.41) is 14.8. The lowest BCUT2D eigenvalue weighted by molar-refractivity contribution is -0.184. The van der Waals surface area contributed by atoms with Crippen molar-refractivity contribution in [1.82, 2.24) is 19.6 Å². The Hall–Kier alpha value is -3.37. The van der Waals surface area contributed by atoms with Gasteiger partial charge >= 0.3 is 0 Å². The van der Waals surface area contributed by atoms with Crippen molar-refractivity contribution in [2.45, 2.75) is 24.9 Å². The molecule has 0 bridgehead atoms. The van der Waals surface area contributed by atoms with Gasteiger partial charge in [-0.05, 0) is 42.8 Å². The minimum absolute atomic E-state index is 0.0764. The van der Waals surface area contributed by atoms with Gasteiger partial charge in [-0.15, -0.1) is 5.10 Å². The molecule has 0 aliphatic rings. The number of aromatic nitrogens is 4. The lowest BCUT2D eigenvalue weighted by Crippen LogP contribution is -2.43. The summed E-state index contributed by atoms with van der Waals surface area (Å²) in [6.07, 6.45) is 0.833. The summed E-state index contributed by atoms with van der Waals surface area (Å²) < 4.78 is 49.5. The van der Waals surface area contributed by atoms with Crippen molar-refractivity contribution in [1.29, 1.82) is 0 Å². The van der Waals surface area contributed by atoms with E-state index in [-0.39, 0.29) is 17.4 Å². The van der Waals surface area contributed by atoms with Gasteiger partial charge in [-0.3, -0.25) is 0 Å². The first-order valence-electron chi connectivity index (χ1n) is 9.85. The molecule has 0 aliphatic carbocycles. The first-order valence-corrected chi connectivity index (χ1v) is 10.2. The smallest absolute Gasteiger partial charge is 0.283 e. The van der Waals surface area contributed by atoms with Crippen molar-refractivity contribution < 1.29 is 23.0 Å². The molecule has 7 nitrogen and oxygen atoms in total. The molecule has 1 unspecified atom stereocenters. The van der Waals surface area contributed by atoms with Crippen LogP contribution in [0, 0.1) is 5.82 Å². The van der Waals surface area contributed by atoms with Crippen molar-refractivity contribution in [3.8, 4) is 17.1 Å². The summed E-state index contributed by atoms with van der Waals surface area (Å²) >= 11 is 6.27. The Balaban J connectivity index is 1.48. The number of anilines is 1. The fourth-order valence-corrected chi connectivity index (χ4v) is 3.48. The molecule has 172 valence electrons. The third-order valence-electron chi connectivity index (χ3n) is 5.23. The maximum Gasteiger partial charge on any atom is 0.283 e. The highest BCUT2D eigenvalue weighted by Crippen LogP contribution is 2.40. The van der Waals surface area contributed by atoms with Crippen molar-refractivity contribution in [2.24, 2.45) is 0 Å². The molecule has 4 rings (SSSR count). The van der Waals surface area contributed by atoms with E-state index in [1.807, 2.05) is 0 Å². The number of rotatable bonds is 7. The molecular formula is C22H19ClF3N5O2. The summed E-state index contributed by atoms with van der Waals surface area (Å²) in [4.78, 5) is 8.39. The van der Waals surface area contributed by atoms with Crippen LogP contribution in [0.25, 0.3) is 16.9 Å². The highest BCUT2D eigenvalue weighted by Gasteiger charge is 2.49. The van der Waals surface area contributed by atoms with Crippen molar-refractivity contribution in [3.05, 3.63) is 71.1 Å². The van der Waals surface area contributed by atoms with Gasteiger partial charge in [0.15, 0.2) is 11.2 Å². The molecule has 3 aromatic heterocycles. The Bertz CT molecular complexity index is 1300. The van der Waals surface area contributed by atoms with Gasteiger partial charge in [-0.25, -0.2) is 22.7 Å². The molecule has 0 spiro atoms. The summed E-state index contributed by atoms with van der Waals surface area (Å²) in [5.41, 5.74) is 4.43. The minimum atomic E-state index is -3.56. The molecule has 1 aromatic carbocycles. The number of nitrogens with two attached hydrogens (primary N) is 1. The predicted octanol–water partition coefficient (Wildman–Crippen LogP) is 4.48. The summed E-state index contributed by atoms with van der Waals surface area (Å²) in [6, 6.07) is 10.6. The molecule has 0 saturated heterocycles. The molecule has 0 radical (unpaired) electrons. The van der Waals surface area contributed by atoms with E-state index in [2.05, 4.69) is 15.1 Å². The quantitative estimate of drug-likeness (QED) is 0.407. The first kappa shape index (κ1) is 22.8. The standard InChI is InChI=1S/C22H19ClF3N5O2/c1-21(32,14-2-4-15(24)5-3-14)22(25,26)9-11-33-18-7-6-16(23)19(29-18)13-8-10-31-17(12-13)28-20(27)30-31/h2-8,10,12,32H,9,11H2,1H3,(H2,27,30). The number of aliphatic hydroxyl groups is 1. The molecule has 3 heterocycles. The van der Waals surface area contributed by atoms with Gasteiger partial charge in [0.1, 0.15) is 5.82 Å². The second-order valence-electron chi connectivity index (χ2n) is 7.55. The monoisotopic (exact) mass is 477 g/mol. The zero-order chi connectivity index (χ0) is 23.8. The topological polar surface area (TPSA) is 98.6 Å². The fraction of sp³-hybridized carbons (Fsp3) is 0.227. The number of pyridine rings is 2. The van der Waals surface area contributed by atoms with Crippen LogP contribution in [0.5, 0.6) is 5.88 Å². The van der Waals surface area contributed by atoms with Gasteiger partial charge in [0.05, 0.1) is 17.3 Å². The van der Waals surface area contributed by atoms with Crippen LogP contribution in [0.3, 0.4) is 0 Å². The molecule has 0 fully saturated rings. The first-order chi connectivity index (χ1) is 15.6. The second kappa shape index (κ2) is 8.53. The molecule has 0 saturated carbocycles. The number of alkyl halides is 2. The number of nitrogens with zero attached hydrogens (tertiary/aromatic N) is 4. The molecule has 33 heavy (non-hydrogen) atoms. The summed E-state index contributed by atoms with van der Waals surface area (Å²) in [7, 11) is 0. The van der Waals surface area contributed by atoms with E-state index >= 15 is 0 Å². The van der Waals surface area contributed by atoms with Crippen LogP contribution in [-0.2, 0) is 5.60 Å². The van der Waals surface area contributed by atoms with E-state index in [4.69, 9.17) is 22.1 Å². The molecule has 0 amide bonds. The van der Waals surface area contributed by atoms with Gasteiger partial charge in [0.25, 0.3) is 5.92 Å². The number of nitrogen functional groups attached to an aromatic ring is 1. The SMILES string of the molecule is CC(O)(c1ccc(F)cc1)C(F)(F)CCOc1ccc(Cl)c(-c2ccn3nc(N)nc3c2)n1. The molecular weight excluding hydrogens is 459 g/mol. The van der Waals surface area contributed by atoms with Crippen LogP contribution in [0.15, 0.2) is 54.7 Å². The van der Waals surface area contributed by atoms with Gasteiger partial charge in [-0.1, -0.05) is 23.7 Å². The lowest BCUT2D eigenvalue weighted by atomic mass is 9.87. The van der Waals surface area contributed by atoms with E-state index in [0.717, 1.165) is 31.2 Å². The molecule has 11 heteroatoms. The Morgan fingerprint density at radius 3 is 2.58 bits per heavy atom. The lowest BCUT2D eigenvalue weighted by Gasteiger charge is -2.33. The zero-order valence-electron chi connectivity index (χ0n) is 17.3. The number of ether oxygens (including phenoxy) is 1. The average Bonchev–Trinajstić information content (AvgIpc) is 3.14. The summed E-state index contributed by atoms with van der Waals surface area (Å²) in [6.45, 7) is 0.546. The Morgan fingerprint density at radius 1 is 1.12 bits per heavy atom. The fourth-order valence-electron chi connectivity index (χ4n) is 3.27. The van der Waals surface area contributed by atoms with E-state index in [9.17, 15) is 18.3 Å². The van der Waals surface area contributed by atoms with E-state index in [0.29, 0.717) is 21.9 Å². The van der Waals surface area contributed by atoms with Crippen LogP contribution in [0.4, 0.5) is 19.1 Å². The highest BCUT2D eigenvalue weighted by atomic mass is 35.5. The third-order valence-corrected chi connectivity index (χ3v) is 5.54. The number of hydrogen-bond donors (Lipinski definition) is 2. The van der Waals surface area contributed by atoms with Gasteiger partial charge in [-0.2, -0.15) is 4.98 Å². The highest BCUT2D eigenvalue weighted by molar-refractivity contribution is 6.33. The number of benzene rings is 1. The molecule has 1 atom stereocenters. The van der Waals surface area contributed by atoms with Crippen molar-refractivity contribution in [2.75, 3.05) is 12.3 Å². The maximum absolute atomic E-state index is 14.8. The van der Waals surface area contributed by atoms with Crippen LogP contribution in [-0.4, -0.2) is 37.2 Å². The number of fused-ring (bicyclic) bond motifs is 1. The molecule has 0 aliphatic heterocycles. The van der Waals surface area contributed by atoms with Gasteiger partial charge in [0, 0.05) is 24.2 Å². The van der Waals surface area contributed by atoms with Crippen LogP contribution in [0.1, 0.15) is 18.9 Å². The van der Waals surface area contributed by atoms with Crippen LogP contribution >= 0.6 is 11.6 Å². The summed E-state index contributed by atoms with van der Waals surface area (Å²) in [5.74, 6) is -3.95. The number of hydrogen-bond acceptors (Lipinski definition) is 6. The van der Waals surface area contributed by atoms with E-state index < -0.39 is 30.4 Å².